The van der Waals surface area contributed by atoms with E-state index in [-0.39, 0.29) is 5.41 Å². The van der Waals surface area contributed by atoms with Crippen LogP contribution in [0.1, 0.15) is 90.9 Å². The van der Waals surface area contributed by atoms with Gasteiger partial charge in [-0.1, -0.05) is 13.8 Å². The molecule has 8 aliphatic carbocycles. The highest BCUT2D eigenvalue weighted by Gasteiger charge is 2.71. The van der Waals surface area contributed by atoms with Gasteiger partial charge in [-0.25, -0.2) is 0 Å². The molecule has 0 saturated heterocycles. The van der Waals surface area contributed by atoms with E-state index in [9.17, 15) is 9.90 Å². The van der Waals surface area contributed by atoms with Gasteiger partial charge in [0.25, 0.3) is 0 Å². The molecule has 0 radical (unpaired) electrons. The average molecular weight is 343 g/mol. The number of carboxylic acid groups (broad SMARTS) is 1. The third kappa shape index (κ3) is 1.80. The van der Waals surface area contributed by atoms with Crippen molar-refractivity contribution in [1.29, 1.82) is 0 Å². The summed E-state index contributed by atoms with van der Waals surface area (Å²) in [7, 11) is 0. The van der Waals surface area contributed by atoms with Gasteiger partial charge in [0.1, 0.15) is 0 Å². The first-order valence-corrected chi connectivity index (χ1v) is 10.9. The summed E-state index contributed by atoms with van der Waals surface area (Å²) in [6.45, 7) is 5.16. The molecule has 25 heavy (non-hydrogen) atoms. The van der Waals surface area contributed by atoms with Gasteiger partial charge in [-0.05, 0) is 116 Å². The van der Waals surface area contributed by atoms with Gasteiger partial charge in [-0.2, -0.15) is 0 Å². The van der Waals surface area contributed by atoms with E-state index >= 15 is 0 Å². The van der Waals surface area contributed by atoms with E-state index in [1.54, 1.807) is 0 Å². The largest absolute Gasteiger partial charge is 0.481 e. The summed E-state index contributed by atoms with van der Waals surface area (Å²) in [5.74, 6) is 1.91. The Labute approximate surface area is 152 Å². The predicted octanol–water partition coefficient (Wildman–Crippen LogP) is 5.65. The zero-order valence-corrected chi connectivity index (χ0v) is 16.1. The fraction of sp³-hybridized carbons (Fsp3) is 0.957. The lowest BCUT2D eigenvalue weighted by atomic mass is 9.30. The third-order valence-electron chi connectivity index (χ3n) is 10.3. The molecule has 0 spiro atoms. The van der Waals surface area contributed by atoms with Gasteiger partial charge < -0.3 is 5.11 Å². The van der Waals surface area contributed by atoms with Gasteiger partial charge in [-0.15, -0.1) is 0 Å². The van der Waals surface area contributed by atoms with Crippen LogP contribution in [-0.4, -0.2) is 11.1 Å². The number of rotatable bonds is 2. The molecule has 0 amide bonds. The van der Waals surface area contributed by atoms with Crippen molar-refractivity contribution in [2.24, 2.45) is 44.8 Å². The highest BCUT2D eigenvalue weighted by molar-refractivity contribution is 5.75. The molecule has 0 aromatic heterocycles. The molecule has 1 N–H and O–H groups in total. The van der Waals surface area contributed by atoms with Crippen LogP contribution in [0.15, 0.2) is 0 Å². The lowest BCUT2D eigenvalue weighted by Gasteiger charge is -2.75. The first kappa shape index (κ1) is 15.5. The van der Waals surface area contributed by atoms with Gasteiger partial charge in [0, 0.05) is 0 Å². The molecule has 2 heteroatoms. The van der Waals surface area contributed by atoms with E-state index in [1.165, 1.54) is 57.8 Å². The quantitative estimate of drug-likeness (QED) is 0.703. The molecule has 4 atom stereocenters. The Kier molecular flexibility index (Phi) is 2.57. The second kappa shape index (κ2) is 4.14. The van der Waals surface area contributed by atoms with Crippen molar-refractivity contribution < 1.29 is 9.90 Å². The topological polar surface area (TPSA) is 37.3 Å². The van der Waals surface area contributed by atoms with Crippen molar-refractivity contribution in [3.8, 4) is 0 Å². The lowest BCUT2D eigenvalue weighted by molar-refractivity contribution is -0.252. The van der Waals surface area contributed by atoms with Crippen molar-refractivity contribution in [2.45, 2.75) is 90.9 Å². The highest BCUT2D eigenvalue weighted by atomic mass is 16.4. The molecule has 0 heterocycles. The van der Waals surface area contributed by atoms with E-state index in [0.29, 0.717) is 33.5 Å². The zero-order valence-electron chi connectivity index (χ0n) is 16.1. The van der Waals surface area contributed by atoms with E-state index in [1.807, 2.05) is 0 Å². The molecule has 0 aliphatic heterocycles. The lowest BCUT2D eigenvalue weighted by Crippen LogP contribution is -2.66. The van der Waals surface area contributed by atoms with Crippen LogP contribution in [-0.2, 0) is 4.79 Å². The fourth-order valence-electron chi connectivity index (χ4n) is 11.2. The second-order valence-corrected chi connectivity index (χ2v) is 12.7. The van der Waals surface area contributed by atoms with Crippen LogP contribution in [0.3, 0.4) is 0 Å². The van der Waals surface area contributed by atoms with E-state index in [0.717, 1.165) is 25.2 Å². The molecule has 0 aromatic rings. The van der Waals surface area contributed by atoms with Crippen LogP contribution in [0.25, 0.3) is 0 Å². The molecule has 8 saturated carbocycles. The molecule has 4 unspecified atom stereocenters. The number of carbonyl (C=O) groups is 1. The summed E-state index contributed by atoms with van der Waals surface area (Å²) in [5.41, 5.74) is 1.60. The summed E-state index contributed by atoms with van der Waals surface area (Å²) in [6.07, 6.45) is 15.7. The molecule has 138 valence electrons. The average Bonchev–Trinajstić information content (AvgIpc) is 2.41. The van der Waals surface area contributed by atoms with Crippen molar-refractivity contribution in [1.82, 2.24) is 0 Å². The molecule has 0 aromatic carbocycles. The fourth-order valence-corrected chi connectivity index (χ4v) is 11.2. The van der Waals surface area contributed by atoms with Crippen LogP contribution < -0.4 is 0 Å². The first-order valence-electron chi connectivity index (χ1n) is 10.9. The summed E-state index contributed by atoms with van der Waals surface area (Å²) in [4.78, 5) is 12.3. The first-order chi connectivity index (χ1) is 11.7. The van der Waals surface area contributed by atoms with Gasteiger partial charge in [0.05, 0.1) is 5.41 Å². The SMILES string of the molecule is CC12CC3CC(C)(C1)CC(C14CC5CC(CC(C(=O)O)(C5)C1)C4)(C3)C2. The Balaban J connectivity index is 1.48. The monoisotopic (exact) mass is 342 g/mol. The number of carboxylic acids is 1. The molecular formula is C23H34O2. The molecule has 8 rings (SSSR count). The van der Waals surface area contributed by atoms with Gasteiger partial charge in [-0.3, -0.25) is 4.79 Å². The Hall–Kier alpha value is -0.530. The van der Waals surface area contributed by atoms with Crippen LogP contribution in [0.5, 0.6) is 0 Å². The van der Waals surface area contributed by atoms with Crippen LogP contribution >= 0.6 is 0 Å². The molecule has 8 bridgehead atoms. The minimum Gasteiger partial charge on any atom is -0.481 e. The zero-order chi connectivity index (χ0) is 17.3. The van der Waals surface area contributed by atoms with Gasteiger partial charge >= 0.3 is 5.97 Å². The number of hydrogen-bond donors (Lipinski definition) is 1. The van der Waals surface area contributed by atoms with Gasteiger partial charge in [0.2, 0.25) is 0 Å². The predicted molar refractivity (Wildman–Crippen MR) is 97.0 cm³/mol. The smallest absolute Gasteiger partial charge is 0.309 e. The van der Waals surface area contributed by atoms with Crippen LogP contribution in [0, 0.1) is 44.8 Å². The Morgan fingerprint density at radius 1 is 0.720 bits per heavy atom. The molecule has 8 fully saturated rings. The Morgan fingerprint density at radius 2 is 1.28 bits per heavy atom. The van der Waals surface area contributed by atoms with Crippen LogP contribution in [0.2, 0.25) is 0 Å². The van der Waals surface area contributed by atoms with Gasteiger partial charge in [0.15, 0.2) is 0 Å². The van der Waals surface area contributed by atoms with Crippen molar-refractivity contribution >= 4 is 5.97 Å². The highest BCUT2D eigenvalue weighted by Crippen LogP contribution is 2.80. The maximum Gasteiger partial charge on any atom is 0.309 e. The van der Waals surface area contributed by atoms with Crippen molar-refractivity contribution in [2.75, 3.05) is 0 Å². The maximum atomic E-state index is 12.3. The maximum absolute atomic E-state index is 12.3. The van der Waals surface area contributed by atoms with Crippen molar-refractivity contribution in [3.63, 3.8) is 0 Å². The van der Waals surface area contributed by atoms with E-state index in [2.05, 4.69) is 13.8 Å². The van der Waals surface area contributed by atoms with Crippen molar-refractivity contribution in [3.05, 3.63) is 0 Å². The standard InChI is InChI=1S/C23H34O2/c1-19-4-17-5-20(2,11-19)13-23(10-17,12-19)22-8-15-3-16(9-22)7-21(6-15,14-22)18(24)25/h15-17H,3-14H2,1-2H3,(H,24,25). The normalized spacial score (nSPS) is 64.0. The molecule has 8 aliphatic rings. The summed E-state index contributed by atoms with van der Waals surface area (Å²) < 4.78 is 0. The van der Waals surface area contributed by atoms with Crippen LogP contribution in [0.4, 0.5) is 0 Å². The third-order valence-corrected chi connectivity index (χ3v) is 10.3. The molecule has 2 nitrogen and oxygen atoms in total. The number of hydrogen-bond acceptors (Lipinski definition) is 1. The summed E-state index contributed by atoms with van der Waals surface area (Å²) in [6, 6.07) is 0. The summed E-state index contributed by atoms with van der Waals surface area (Å²) >= 11 is 0. The minimum atomic E-state index is -0.451. The Bertz CT molecular complexity index is 631. The summed E-state index contributed by atoms with van der Waals surface area (Å²) in [5, 5.41) is 10.2. The van der Waals surface area contributed by atoms with E-state index < -0.39 is 5.97 Å². The Morgan fingerprint density at radius 3 is 1.80 bits per heavy atom. The second-order valence-electron chi connectivity index (χ2n) is 12.7. The minimum absolute atomic E-state index is 0.352. The molecular weight excluding hydrogens is 308 g/mol. The number of aliphatic carboxylic acids is 1. The van der Waals surface area contributed by atoms with E-state index in [4.69, 9.17) is 0 Å².